The summed E-state index contributed by atoms with van der Waals surface area (Å²) >= 11 is 0. The number of amides is 1. The van der Waals surface area contributed by atoms with Crippen molar-refractivity contribution in [2.24, 2.45) is 5.92 Å². The van der Waals surface area contributed by atoms with E-state index >= 15 is 0 Å². The molecule has 154 valence electrons. The SMILES string of the molecule is CCOC(=O)C1CCCN(C(=O)CCc2ccc(S(=O)(=O)NC3CC3)cc2)C1. The lowest BCUT2D eigenvalue weighted by Gasteiger charge is -2.31. The van der Waals surface area contributed by atoms with E-state index in [2.05, 4.69) is 4.72 Å². The Morgan fingerprint density at radius 1 is 1.18 bits per heavy atom. The first-order valence-corrected chi connectivity index (χ1v) is 11.4. The number of aryl methyl sites for hydroxylation is 1. The minimum Gasteiger partial charge on any atom is -0.466 e. The number of nitrogens with zero attached hydrogens (tertiary/aromatic N) is 1. The van der Waals surface area contributed by atoms with Gasteiger partial charge in [-0.05, 0) is 56.7 Å². The van der Waals surface area contributed by atoms with Crippen molar-refractivity contribution in [2.75, 3.05) is 19.7 Å². The zero-order valence-corrected chi connectivity index (χ0v) is 17.0. The van der Waals surface area contributed by atoms with Crippen LogP contribution in [0.15, 0.2) is 29.2 Å². The monoisotopic (exact) mass is 408 g/mol. The molecule has 1 aliphatic carbocycles. The van der Waals surface area contributed by atoms with Gasteiger partial charge in [-0.3, -0.25) is 9.59 Å². The zero-order chi connectivity index (χ0) is 20.1. The molecule has 0 bridgehead atoms. The number of piperidine rings is 1. The van der Waals surface area contributed by atoms with E-state index in [1.165, 1.54) is 0 Å². The maximum atomic E-state index is 12.5. The molecule has 1 heterocycles. The molecular formula is C20H28N2O5S. The molecule has 28 heavy (non-hydrogen) atoms. The number of carbonyl (C=O) groups excluding carboxylic acids is 2. The third-order valence-electron chi connectivity index (χ3n) is 5.15. The Bertz CT molecular complexity index is 802. The first-order valence-electron chi connectivity index (χ1n) is 9.94. The molecule has 0 spiro atoms. The van der Waals surface area contributed by atoms with E-state index in [-0.39, 0.29) is 28.7 Å². The molecule has 1 unspecified atom stereocenters. The number of hydrogen-bond acceptors (Lipinski definition) is 5. The quantitative estimate of drug-likeness (QED) is 0.663. The first-order chi connectivity index (χ1) is 13.4. The molecule has 7 nitrogen and oxygen atoms in total. The molecule has 1 amide bonds. The predicted octanol–water partition coefficient (Wildman–Crippen LogP) is 1.86. The van der Waals surface area contributed by atoms with Crippen molar-refractivity contribution in [1.82, 2.24) is 9.62 Å². The lowest BCUT2D eigenvalue weighted by atomic mass is 9.97. The van der Waals surface area contributed by atoms with Crippen molar-refractivity contribution in [2.45, 2.75) is 56.4 Å². The summed E-state index contributed by atoms with van der Waals surface area (Å²) in [5, 5.41) is 0. The van der Waals surface area contributed by atoms with Crippen molar-refractivity contribution in [3.63, 3.8) is 0 Å². The van der Waals surface area contributed by atoms with Crippen LogP contribution in [0.25, 0.3) is 0 Å². The van der Waals surface area contributed by atoms with Gasteiger partial charge in [0.15, 0.2) is 0 Å². The van der Waals surface area contributed by atoms with Crippen molar-refractivity contribution < 1.29 is 22.7 Å². The van der Waals surface area contributed by atoms with Crippen LogP contribution in [0.3, 0.4) is 0 Å². The third kappa shape index (κ3) is 5.54. The molecule has 2 fully saturated rings. The smallest absolute Gasteiger partial charge is 0.310 e. The number of nitrogens with one attached hydrogen (secondary N) is 1. The van der Waals surface area contributed by atoms with Gasteiger partial charge in [-0.15, -0.1) is 0 Å². The Kier molecular flexibility index (Phi) is 6.72. The average Bonchev–Trinajstić information content (AvgIpc) is 3.50. The Hall–Kier alpha value is -1.93. The standard InChI is InChI=1S/C20H28N2O5S/c1-2-27-20(24)16-4-3-13-22(14-16)19(23)12-7-15-5-10-18(11-6-15)28(25,26)21-17-8-9-17/h5-6,10-11,16-17,21H,2-4,7-9,12-14H2,1H3. The van der Waals surface area contributed by atoms with E-state index < -0.39 is 10.0 Å². The summed E-state index contributed by atoms with van der Waals surface area (Å²) in [6, 6.07) is 6.76. The van der Waals surface area contributed by atoms with Crippen molar-refractivity contribution in [3.05, 3.63) is 29.8 Å². The van der Waals surface area contributed by atoms with Crippen LogP contribution >= 0.6 is 0 Å². The lowest BCUT2D eigenvalue weighted by molar-refractivity contribution is -0.151. The number of likely N-dealkylation sites (tertiary alicyclic amines) is 1. The molecule has 8 heteroatoms. The van der Waals surface area contributed by atoms with Crippen LogP contribution in [0.4, 0.5) is 0 Å². The Labute approximate surface area is 166 Å². The molecule has 1 aromatic rings. The van der Waals surface area contributed by atoms with Crippen LogP contribution in [0, 0.1) is 5.92 Å². The van der Waals surface area contributed by atoms with Gasteiger partial charge in [-0.2, -0.15) is 0 Å². The summed E-state index contributed by atoms with van der Waals surface area (Å²) in [4.78, 5) is 26.4. The van der Waals surface area contributed by atoms with Crippen molar-refractivity contribution >= 4 is 21.9 Å². The number of sulfonamides is 1. The van der Waals surface area contributed by atoms with Gasteiger partial charge in [0, 0.05) is 25.6 Å². The predicted molar refractivity (Wildman–Crippen MR) is 104 cm³/mol. The van der Waals surface area contributed by atoms with Crippen LogP contribution < -0.4 is 4.72 Å². The largest absolute Gasteiger partial charge is 0.466 e. The van der Waals surface area contributed by atoms with Gasteiger partial charge in [-0.1, -0.05) is 12.1 Å². The fourth-order valence-corrected chi connectivity index (χ4v) is 4.69. The number of carbonyl (C=O) groups is 2. The number of rotatable bonds is 8. The molecule has 3 rings (SSSR count). The zero-order valence-electron chi connectivity index (χ0n) is 16.2. The molecular weight excluding hydrogens is 380 g/mol. The molecule has 1 atom stereocenters. The molecule has 1 saturated heterocycles. The van der Waals surface area contributed by atoms with Gasteiger partial charge in [0.25, 0.3) is 0 Å². The molecule has 0 radical (unpaired) electrons. The summed E-state index contributed by atoms with van der Waals surface area (Å²) in [6.07, 6.45) is 4.22. The topological polar surface area (TPSA) is 92.8 Å². The van der Waals surface area contributed by atoms with Gasteiger partial charge < -0.3 is 9.64 Å². The third-order valence-corrected chi connectivity index (χ3v) is 6.69. The van der Waals surface area contributed by atoms with Gasteiger partial charge >= 0.3 is 5.97 Å². The van der Waals surface area contributed by atoms with Crippen LogP contribution in [0.5, 0.6) is 0 Å². The summed E-state index contributed by atoms with van der Waals surface area (Å²) < 4.78 is 32.1. The highest BCUT2D eigenvalue weighted by atomic mass is 32.2. The molecule has 1 saturated carbocycles. The lowest BCUT2D eigenvalue weighted by Crippen LogP contribution is -2.42. The fourth-order valence-electron chi connectivity index (χ4n) is 3.39. The number of benzene rings is 1. The first kappa shape index (κ1) is 20.8. The fraction of sp³-hybridized carbons (Fsp3) is 0.600. The van der Waals surface area contributed by atoms with Crippen LogP contribution in [0.2, 0.25) is 0 Å². The van der Waals surface area contributed by atoms with E-state index in [1.54, 1.807) is 36.1 Å². The highest BCUT2D eigenvalue weighted by molar-refractivity contribution is 7.89. The van der Waals surface area contributed by atoms with Crippen LogP contribution in [-0.2, 0) is 30.8 Å². The van der Waals surface area contributed by atoms with Crippen LogP contribution in [0.1, 0.15) is 44.6 Å². The van der Waals surface area contributed by atoms with E-state index in [0.717, 1.165) is 31.2 Å². The Morgan fingerprint density at radius 2 is 1.89 bits per heavy atom. The minimum atomic E-state index is -3.45. The second-order valence-corrected chi connectivity index (χ2v) is 9.18. The molecule has 1 aromatic carbocycles. The highest BCUT2D eigenvalue weighted by Gasteiger charge is 2.29. The summed E-state index contributed by atoms with van der Waals surface area (Å²) in [5.41, 5.74) is 0.915. The number of hydrogen-bond donors (Lipinski definition) is 1. The van der Waals surface area contributed by atoms with Crippen LogP contribution in [-0.4, -0.2) is 50.9 Å². The molecule has 2 aliphatic rings. The van der Waals surface area contributed by atoms with E-state index in [0.29, 0.717) is 32.5 Å². The second-order valence-electron chi connectivity index (χ2n) is 7.47. The summed E-state index contributed by atoms with van der Waals surface area (Å²) in [6.45, 7) is 3.22. The van der Waals surface area contributed by atoms with Gasteiger partial charge in [0.2, 0.25) is 15.9 Å². The summed E-state index contributed by atoms with van der Waals surface area (Å²) in [7, 11) is -3.45. The van der Waals surface area contributed by atoms with Gasteiger partial charge in [0.05, 0.1) is 17.4 Å². The minimum absolute atomic E-state index is 0.0149. The molecule has 1 aliphatic heterocycles. The van der Waals surface area contributed by atoms with E-state index in [1.807, 2.05) is 0 Å². The second kappa shape index (κ2) is 9.05. The van der Waals surface area contributed by atoms with E-state index in [9.17, 15) is 18.0 Å². The number of esters is 1. The van der Waals surface area contributed by atoms with Crippen molar-refractivity contribution in [3.8, 4) is 0 Å². The van der Waals surface area contributed by atoms with Gasteiger partial charge in [-0.25, -0.2) is 13.1 Å². The maximum absolute atomic E-state index is 12.5. The molecule has 1 N–H and O–H groups in total. The Balaban J connectivity index is 1.50. The Morgan fingerprint density at radius 3 is 2.54 bits per heavy atom. The average molecular weight is 409 g/mol. The van der Waals surface area contributed by atoms with Gasteiger partial charge in [0.1, 0.15) is 0 Å². The normalized spacial score (nSPS) is 20.0. The van der Waals surface area contributed by atoms with Crippen molar-refractivity contribution in [1.29, 1.82) is 0 Å². The highest BCUT2D eigenvalue weighted by Crippen LogP contribution is 2.23. The number of ether oxygens (including phenoxy) is 1. The maximum Gasteiger partial charge on any atom is 0.310 e. The summed E-state index contributed by atoms with van der Waals surface area (Å²) in [5.74, 6) is -0.446. The van der Waals surface area contributed by atoms with E-state index in [4.69, 9.17) is 4.74 Å². The molecule has 0 aromatic heterocycles.